The van der Waals surface area contributed by atoms with Gasteiger partial charge in [-0.05, 0) is 64.1 Å². The largest absolute Gasteiger partial charge is 0.460 e. The Hall–Kier alpha value is -1.77. The third kappa shape index (κ3) is 8.86. The highest BCUT2D eigenvalue weighted by Gasteiger charge is 2.52. The second kappa shape index (κ2) is 14.4. The number of likely N-dealkylation sites (tertiary alicyclic amines) is 2. The van der Waals surface area contributed by atoms with Crippen LogP contribution in [-0.2, 0) is 20.9 Å². The topological polar surface area (TPSA) is 61.9 Å². The van der Waals surface area contributed by atoms with Gasteiger partial charge in [-0.25, -0.2) is 8.78 Å². The van der Waals surface area contributed by atoms with Crippen molar-refractivity contribution < 1.29 is 23.1 Å². The molecule has 9 heteroatoms. The highest BCUT2D eigenvalue weighted by Crippen LogP contribution is 2.42. The maximum atomic E-state index is 14.0. The van der Waals surface area contributed by atoms with Gasteiger partial charge in [-0.1, -0.05) is 56.8 Å². The molecule has 1 aromatic rings. The minimum atomic E-state index is -2.65. The van der Waals surface area contributed by atoms with Gasteiger partial charge in [0.1, 0.15) is 5.60 Å². The summed E-state index contributed by atoms with van der Waals surface area (Å²) in [4.78, 5) is 31.5. The van der Waals surface area contributed by atoms with Crippen LogP contribution in [0.25, 0.3) is 0 Å². The Labute approximate surface area is 244 Å². The van der Waals surface area contributed by atoms with Crippen molar-refractivity contribution in [2.75, 3.05) is 32.7 Å². The number of alkyl halides is 2. The third-order valence-electron chi connectivity index (χ3n) is 8.34. The lowest BCUT2D eigenvalue weighted by atomic mass is 9.75. The molecule has 1 N–H and O–H groups in total. The smallest absolute Gasteiger partial charge is 0.307 e. The van der Waals surface area contributed by atoms with Crippen molar-refractivity contribution in [1.29, 1.82) is 0 Å². The van der Waals surface area contributed by atoms with Crippen molar-refractivity contribution in [3.8, 4) is 0 Å². The number of nitrogens with zero attached hydrogens (tertiary/aromatic N) is 2. The number of halogens is 3. The van der Waals surface area contributed by atoms with E-state index >= 15 is 0 Å². The van der Waals surface area contributed by atoms with E-state index in [-0.39, 0.29) is 48.0 Å². The first kappa shape index (κ1) is 32.7. The van der Waals surface area contributed by atoms with Crippen LogP contribution in [0.4, 0.5) is 8.78 Å². The number of hydrogen-bond acceptors (Lipinski definition) is 5. The Morgan fingerprint density at radius 3 is 2.48 bits per heavy atom. The number of benzene rings is 1. The monoisotopic (exact) mass is 583 g/mol. The Morgan fingerprint density at radius 2 is 1.85 bits per heavy atom. The molecule has 2 unspecified atom stereocenters. The minimum absolute atomic E-state index is 0.0464. The molecule has 1 aromatic carbocycles. The van der Waals surface area contributed by atoms with E-state index < -0.39 is 23.4 Å². The Kier molecular flexibility index (Phi) is 11.8. The molecule has 2 saturated heterocycles. The van der Waals surface area contributed by atoms with Crippen molar-refractivity contribution in [3.63, 3.8) is 0 Å². The molecule has 1 amide bonds. The van der Waals surface area contributed by atoms with E-state index in [1.807, 2.05) is 11.8 Å². The van der Waals surface area contributed by atoms with Crippen LogP contribution in [0, 0.1) is 11.3 Å². The molecule has 2 fully saturated rings. The third-order valence-corrected chi connectivity index (χ3v) is 8.69. The second-order valence-electron chi connectivity index (χ2n) is 12.7. The number of esters is 1. The van der Waals surface area contributed by atoms with Crippen molar-refractivity contribution in [3.05, 3.63) is 34.3 Å². The zero-order valence-electron chi connectivity index (χ0n) is 24.9. The van der Waals surface area contributed by atoms with E-state index in [9.17, 15) is 18.4 Å². The molecule has 40 heavy (non-hydrogen) atoms. The van der Waals surface area contributed by atoms with Crippen LogP contribution in [-0.4, -0.2) is 66.0 Å². The van der Waals surface area contributed by atoms with Gasteiger partial charge in [0.05, 0.1) is 11.8 Å². The first-order chi connectivity index (χ1) is 18.8. The van der Waals surface area contributed by atoms with E-state index in [1.54, 1.807) is 26.8 Å². The Bertz CT molecular complexity index is 995. The molecule has 2 aliphatic rings. The van der Waals surface area contributed by atoms with Gasteiger partial charge in [-0.15, -0.1) is 0 Å². The van der Waals surface area contributed by atoms with Crippen LogP contribution in [0.2, 0.25) is 5.02 Å². The maximum Gasteiger partial charge on any atom is 0.307 e. The van der Waals surface area contributed by atoms with E-state index in [1.165, 1.54) is 37.8 Å². The van der Waals surface area contributed by atoms with Gasteiger partial charge in [0.25, 0.3) is 6.43 Å². The lowest BCUT2D eigenvalue weighted by Gasteiger charge is -2.37. The number of nitrogens with one attached hydrogen (secondary N) is 1. The fourth-order valence-corrected chi connectivity index (χ4v) is 6.35. The maximum absolute atomic E-state index is 14.0. The molecular weight excluding hydrogens is 536 g/mol. The number of carbonyl (C=O) groups is 2. The van der Waals surface area contributed by atoms with Gasteiger partial charge >= 0.3 is 5.97 Å². The van der Waals surface area contributed by atoms with Crippen LogP contribution in [0.3, 0.4) is 0 Å². The molecule has 226 valence electrons. The summed E-state index contributed by atoms with van der Waals surface area (Å²) in [6.07, 6.45) is 3.98. The summed E-state index contributed by atoms with van der Waals surface area (Å²) in [6.45, 7) is 13.5. The van der Waals surface area contributed by atoms with Gasteiger partial charge in [0.2, 0.25) is 5.91 Å². The molecule has 2 heterocycles. The summed E-state index contributed by atoms with van der Waals surface area (Å²) >= 11 is 6.35. The summed E-state index contributed by atoms with van der Waals surface area (Å²) in [5, 5.41) is 3.56. The number of ether oxygens (including phenoxy) is 1. The van der Waals surface area contributed by atoms with Crippen molar-refractivity contribution in [1.82, 2.24) is 15.1 Å². The average molecular weight is 584 g/mol. The Morgan fingerprint density at radius 1 is 1.15 bits per heavy atom. The van der Waals surface area contributed by atoms with Crippen LogP contribution in [0.15, 0.2) is 18.2 Å². The van der Waals surface area contributed by atoms with Gasteiger partial charge in [-0.3, -0.25) is 14.5 Å². The zero-order valence-corrected chi connectivity index (χ0v) is 25.7. The predicted molar refractivity (Wildman–Crippen MR) is 155 cm³/mol. The number of hydrogen-bond donors (Lipinski definition) is 1. The zero-order chi connectivity index (χ0) is 29.5. The molecule has 0 bridgehead atoms. The summed E-state index contributed by atoms with van der Waals surface area (Å²) in [5.74, 6) is -0.761. The molecule has 0 saturated carbocycles. The quantitative estimate of drug-likeness (QED) is 0.222. The van der Waals surface area contributed by atoms with Crippen molar-refractivity contribution in [2.45, 2.75) is 104 Å². The lowest BCUT2D eigenvalue weighted by molar-refractivity contribution is -0.161. The van der Waals surface area contributed by atoms with Gasteiger partial charge < -0.3 is 15.0 Å². The number of carbonyl (C=O) groups excluding carboxylic acids is 2. The molecule has 0 aromatic heterocycles. The Balaban J connectivity index is 1.73. The molecule has 0 aliphatic carbocycles. The van der Waals surface area contributed by atoms with Gasteiger partial charge in [0.15, 0.2) is 0 Å². The van der Waals surface area contributed by atoms with Crippen LogP contribution in [0.1, 0.15) is 97.1 Å². The fraction of sp³-hybridized carbons (Fsp3) is 0.742. The second-order valence-corrected chi connectivity index (χ2v) is 13.2. The summed E-state index contributed by atoms with van der Waals surface area (Å²) in [5.41, 5.74) is -1.43. The molecule has 0 radical (unpaired) electrons. The summed E-state index contributed by atoms with van der Waals surface area (Å²) in [7, 11) is 0. The standard InChI is InChI=1S/C31H48ClF2N3O3/c1-6-7-8-9-15-36-16-13-23(14-17-36)35-29(39)31(18-27(38)40-30(3,4)5)21-37(19-22(31)2)20-25-24(28(33)34)11-10-12-26(25)32/h10-12,22-23,28H,6-9,13-21H2,1-5H3,(H,35,39). The van der Waals surface area contributed by atoms with Crippen LogP contribution < -0.4 is 5.32 Å². The first-order valence-electron chi connectivity index (χ1n) is 14.9. The van der Waals surface area contributed by atoms with Crippen LogP contribution in [0.5, 0.6) is 0 Å². The first-order valence-corrected chi connectivity index (χ1v) is 15.3. The predicted octanol–water partition coefficient (Wildman–Crippen LogP) is 6.61. The van der Waals surface area contributed by atoms with E-state index in [0.717, 1.165) is 32.5 Å². The highest BCUT2D eigenvalue weighted by atomic mass is 35.5. The van der Waals surface area contributed by atoms with E-state index in [0.29, 0.717) is 12.1 Å². The number of rotatable bonds is 12. The van der Waals surface area contributed by atoms with E-state index in [2.05, 4.69) is 17.1 Å². The van der Waals surface area contributed by atoms with Crippen LogP contribution >= 0.6 is 11.6 Å². The molecular formula is C31H48ClF2N3O3. The minimum Gasteiger partial charge on any atom is -0.460 e. The van der Waals surface area contributed by atoms with Crippen molar-refractivity contribution >= 4 is 23.5 Å². The molecule has 2 aliphatic heterocycles. The molecule has 6 nitrogen and oxygen atoms in total. The van der Waals surface area contributed by atoms with Crippen molar-refractivity contribution in [2.24, 2.45) is 11.3 Å². The average Bonchev–Trinajstić information content (AvgIpc) is 3.18. The molecule has 2 atom stereocenters. The summed E-state index contributed by atoms with van der Waals surface area (Å²) in [6, 6.07) is 4.57. The highest BCUT2D eigenvalue weighted by molar-refractivity contribution is 6.31. The fourth-order valence-electron chi connectivity index (χ4n) is 6.11. The van der Waals surface area contributed by atoms with E-state index in [4.69, 9.17) is 16.3 Å². The summed E-state index contributed by atoms with van der Waals surface area (Å²) < 4.78 is 33.1. The SMILES string of the molecule is CCCCCCN1CCC(NC(=O)C2(CC(=O)OC(C)(C)C)CN(Cc3c(Cl)cccc3C(F)F)CC2C)CC1. The number of unbranched alkanes of at least 4 members (excludes halogenated alkanes) is 3. The lowest BCUT2D eigenvalue weighted by Crippen LogP contribution is -2.53. The van der Waals surface area contributed by atoms with Gasteiger partial charge in [0, 0.05) is 49.4 Å². The molecule has 0 spiro atoms. The number of amides is 1. The van der Waals surface area contributed by atoms with Gasteiger partial charge in [-0.2, -0.15) is 0 Å². The number of piperidine rings is 1. The molecule has 3 rings (SSSR count). The normalized spacial score (nSPS) is 23.1.